The molecule has 0 unspecified atom stereocenters. The van der Waals surface area contributed by atoms with Gasteiger partial charge in [-0.3, -0.25) is 9.78 Å². The van der Waals surface area contributed by atoms with Gasteiger partial charge >= 0.3 is 0 Å². The van der Waals surface area contributed by atoms with Crippen LogP contribution in [0.1, 0.15) is 55.1 Å². The molecule has 3 rings (SSSR count). The minimum Gasteiger partial charge on any atom is -0.370 e. The SMILES string of the molecule is CC(C)C[C@H]1C[C@@H](NC(=O)c2ccccc2)C[C@@H](c2cccnc2)O1. The van der Waals surface area contributed by atoms with E-state index in [2.05, 4.69) is 24.1 Å². The second-order valence-corrected chi connectivity index (χ2v) is 7.17. The standard InChI is InChI=1S/C21H26N2O2/c1-15(2)11-19-12-18(23-21(24)16-7-4-3-5-8-16)13-20(25-19)17-9-6-10-22-14-17/h3-10,14-15,18-20H,11-13H2,1-2H3,(H,23,24)/t18-,19+,20+/m1/s1. The van der Waals surface area contributed by atoms with Gasteiger partial charge in [-0.2, -0.15) is 0 Å². The van der Waals surface area contributed by atoms with Crippen LogP contribution in [0.5, 0.6) is 0 Å². The first-order chi connectivity index (χ1) is 12.1. The molecule has 2 heterocycles. The number of carbonyl (C=O) groups excluding carboxylic acids is 1. The zero-order chi connectivity index (χ0) is 17.6. The van der Waals surface area contributed by atoms with Crippen LogP contribution in [-0.2, 0) is 4.74 Å². The second kappa shape index (κ2) is 8.26. The number of carbonyl (C=O) groups is 1. The molecule has 0 aliphatic carbocycles. The van der Waals surface area contributed by atoms with Crippen LogP contribution in [0.3, 0.4) is 0 Å². The fourth-order valence-electron chi connectivity index (χ4n) is 3.45. The summed E-state index contributed by atoms with van der Waals surface area (Å²) in [6.45, 7) is 4.41. The van der Waals surface area contributed by atoms with E-state index in [0.29, 0.717) is 11.5 Å². The van der Waals surface area contributed by atoms with Crippen LogP contribution in [-0.4, -0.2) is 23.0 Å². The van der Waals surface area contributed by atoms with Crippen molar-refractivity contribution in [2.75, 3.05) is 0 Å². The molecule has 4 nitrogen and oxygen atoms in total. The summed E-state index contributed by atoms with van der Waals surface area (Å²) in [5.74, 6) is 0.545. The molecule has 4 heteroatoms. The van der Waals surface area contributed by atoms with E-state index in [0.717, 1.165) is 24.8 Å². The smallest absolute Gasteiger partial charge is 0.251 e. The number of nitrogens with zero attached hydrogens (tertiary/aromatic N) is 1. The fourth-order valence-corrected chi connectivity index (χ4v) is 3.45. The highest BCUT2D eigenvalue weighted by molar-refractivity contribution is 5.94. The molecule has 1 fully saturated rings. The Morgan fingerprint density at radius 1 is 1.20 bits per heavy atom. The Kier molecular flexibility index (Phi) is 5.82. The molecule has 0 saturated carbocycles. The summed E-state index contributed by atoms with van der Waals surface area (Å²) in [6, 6.07) is 13.5. The third-order valence-corrected chi connectivity index (χ3v) is 4.56. The van der Waals surface area contributed by atoms with E-state index in [-0.39, 0.29) is 24.2 Å². The molecule has 1 saturated heterocycles. The molecule has 0 spiro atoms. The fraction of sp³-hybridized carbons (Fsp3) is 0.429. The minimum atomic E-state index is -0.0210. The molecule has 3 atom stereocenters. The van der Waals surface area contributed by atoms with Gasteiger partial charge in [0.25, 0.3) is 5.91 Å². The molecule has 132 valence electrons. The summed E-state index contributed by atoms with van der Waals surface area (Å²) >= 11 is 0. The van der Waals surface area contributed by atoms with Gasteiger partial charge in [-0.15, -0.1) is 0 Å². The number of aromatic nitrogens is 1. The summed E-state index contributed by atoms with van der Waals surface area (Å²) in [6.07, 6.45) is 6.39. The summed E-state index contributed by atoms with van der Waals surface area (Å²) in [5.41, 5.74) is 1.78. The molecular formula is C21H26N2O2. The highest BCUT2D eigenvalue weighted by Crippen LogP contribution is 2.33. The molecule has 1 aromatic heterocycles. The minimum absolute atomic E-state index is 0.0132. The number of benzene rings is 1. The van der Waals surface area contributed by atoms with Crippen LogP contribution in [0.2, 0.25) is 0 Å². The monoisotopic (exact) mass is 338 g/mol. The predicted octanol–water partition coefficient (Wildman–Crippen LogP) is 4.15. The molecule has 1 amide bonds. The lowest BCUT2D eigenvalue weighted by atomic mass is 9.91. The lowest BCUT2D eigenvalue weighted by Gasteiger charge is -2.36. The van der Waals surface area contributed by atoms with Crippen LogP contribution in [0.25, 0.3) is 0 Å². The van der Waals surface area contributed by atoms with Gasteiger partial charge in [0.2, 0.25) is 0 Å². The van der Waals surface area contributed by atoms with Gasteiger partial charge in [0.1, 0.15) is 0 Å². The van der Waals surface area contributed by atoms with Crippen molar-refractivity contribution in [3.63, 3.8) is 0 Å². The maximum Gasteiger partial charge on any atom is 0.251 e. The van der Waals surface area contributed by atoms with Crippen LogP contribution in [0.15, 0.2) is 54.9 Å². The van der Waals surface area contributed by atoms with Gasteiger partial charge in [-0.05, 0) is 48.9 Å². The average Bonchev–Trinajstić information content (AvgIpc) is 2.62. The largest absolute Gasteiger partial charge is 0.370 e. The topological polar surface area (TPSA) is 51.2 Å². The van der Waals surface area contributed by atoms with E-state index < -0.39 is 0 Å². The lowest BCUT2D eigenvalue weighted by Crippen LogP contribution is -2.43. The summed E-state index contributed by atoms with van der Waals surface area (Å²) in [7, 11) is 0. The van der Waals surface area contributed by atoms with Gasteiger partial charge in [0.05, 0.1) is 12.2 Å². The normalized spacial score (nSPS) is 23.4. The molecule has 1 aromatic carbocycles. The Bertz CT molecular complexity index is 673. The molecule has 0 bridgehead atoms. The molecule has 25 heavy (non-hydrogen) atoms. The number of hydrogen-bond acceptors (Lipinski definition) is 3. The molecule has 0 radical (unpaired) electrons. The Labute approximate surface area is 149 Å². The first-order valence-electron chi connectivity index (χ1n) is 9.03. The first kappa shape index (κ1) is 17.6. The Hall–Kier alpha value is -2.20. The quantitative estimate of drug-likeness (QED) is 0.891. The van der Waals surface area contributed by atoms with Crippen molar-refractivity contribution >= 4 is 5.91 Å². The van der Waals surface area contributed by atoms with E-state index in [1.165, 1.54) is 0 Å². The van der Waals surface area contributed by atoms with E-state index >= 15 is 0 Å². The highest BCUT2D eigenvalue weighted by atomic mass is 16.5. The van der Waals surface area contributed by atoms with Crippen LogP contribution in [0, 0.1) is 5.92 Å². The summed E-state index contributed by atoms with van der Waals surface area (Å²) in [5, 5.41) is 3.20. The van der Waals surface area contributed by atoms with Crippen LogP contribution in [0.4, 0.5) is 0 Å². The number of pyridine rings is 1. The number of ether oxygens (including phenoxy) is 1. The van der Waals surface area contributed by atoms with E-state index in [4.69, 9.17) is 4.74 Å². The zero-order valence-electron chi connectivity index (χ0n) is 14.9. The van der Waals surface area contributed by atoms with Gasteiger partial charge in [0.15, 0.2) is 0 Å². The van der Waals surface area contributed by atoms with Crippen molar-refractivity contribution in [1.82, 2.24) is 10.3 Å². The summed E-state index contributed by atoms with van der Waals surface area (Å²) in [4.78, 5) is 16.7. The van der Waals surface area contributed by atoms with Crippen molar-refractivity contribution in [2.45, 2.75) is 51.4 Å². The van der Waals surface area contributed by atoms with Crippen LogP contribution >= 0.6 is 0 Å². The van der Waals surface area contributed by atoms with Crippen molar-refractivity contribution in [3.05, 3.63) is 66.0 Å². The maximum atomic E-state index is 12.5. The molecule has 1 aliphatic heterocycles. The average molecular weight is 338 g/mol. The number of hydrogen-bond donors (Lipinski definition) is 1. The third kappa shape index (κ3) is 4.89. The van der Waals surface area contributed by atoms with Gasteiger partial charge in [-0.25, -0.2) is 0 Å². The Morgan fingerprint density at radius 2 is 2.00 bits per heavy atom. The molecule has 1 N–H and O–H groups in total. The van der Waals surface area contributed by atoms with Crippen molar-refractivity contribution in [1.29, 1.82) is 0 Å². The number of amides is 1. The van der Waals surface area contributed by atoms with E-state index in [1.54, 1.807) is 6.20 Å². The molecule has 2 aromatic rings. The Morgan fingerprint density at radius 3 is 2.68 bits per heavy atom. The predicted molar refractivity (Wildman–Crippen MR) is 98.2 cm³/mol. The van der Waals surface area contributed by atoms with Gasteiger partial charge < -0.3 is 10.1 Å². The number of nitrogens with one attached hydrogen (secondary N) is 1. The first-order valence-corrected chi connectivity index (χ1v) is 9.03. The highest BCUT2D eigenvalue weighted by Gasteiger charge is 2.31. The van der Waals surface area contributed by atoms with Gasteiger partial charge in [-0.1, -0.05) is 38.1 Å². The number of rotatable bonds is 5. The zero-order valence-corrected chi connectivity index (χ0v) is 14.9. The maximum absolute atomic E-state index is 12.5. The molecule has 1 aliphatic rings. The van der Waals surface area contributed by atoms with E-state index in [1.807, 2.05) is 48.7 Å². The van der Waals surface area contributed by atoms with Gasteiger partial charge in [0, 0.05) is 24.0 Å². The van der Waals surface area contributed by atoms with Crippen molar-refractivity contribution in [3.8, 4) is 0 Å². The lowest BCUT2D eigenvalue weighted by molar-refractivity contribution is -0.0701. The second-order valence-electron chi connectivity index (χ2n) is 7.17. The molecular weight excluding hydrogens is 312 g/mol. The van der Waals surface area contributed by atoms with E-state index in [9.17, 15) is 4.79 Å². The summed E-state index contributed by atoms with van der Waals surface area (Å²) < 4.78 is 6.31. The van der Waals surface area contributed by atoms with Crippen LogP contribution < -0.4 is 5.32 Å². The Balaban J connectivity index is 1.72. The van der Waals surface area contributed by atoms with Crippen molar-refractivity contribution in [2.24, 2.45) is 5.92 Å². The van der Waals surface area contributed by atoms with Crippen molar-refractivity contribution < 1.29 is 9.53 Å². The third-order valence-electron chi connectivity index (χ3n) is 4.56.